The van der Waals surface area contributed by atoms with Crippen LogP contribution in [0.3, 0.4) is 0 Å². The fourth-order valence-electron chi connectivity index (χ4n) is 2.41. The number of rotatable bonds is 5. The molecule has 0 saturated carbocycles. The topological polar surface area (TPSA) is 76.3 Å². The van der Waals surface area contributed by atoms with Crippen molar-refractivity contribution in [2.45, 2.75) is 12.5 Å². The lowest BCUT2D eigenvalue weighted by Gasteiger charge is -2.20. The molecular weight excluding hydrogens is 312 g/mol. The second kappa shape index (κ2) is 6.69. The minimum atomic E-state index is -0.266. The minimum absolute atomic E-state index is 0.266. The molecule has 0 spiro atoms. The molecule has 2 aromatic heterocycles. The van der Waals surface area contributed by atoms with Gasteiger partial charge in [-0.2, -0.15) is 5.26 Å². The van der Waals surface area contributed by atoms with Gasteiger partial charge in [0.05, 0.1) is 5.56 Å². The van der Waals surface area contributed by atoms with E-state index in [1.54, 1.807) is 24.4 Å². The zero-order valence-electron chi connectivity index (χ0n) is 12.3. The number of nitrogens with zero attached hydrogens (tertiary/aromatic N) is 3. The standard InChI is InChI=1S/C17H15ClN4O/c18-14-3-1-12(10-20)16(9-14)23-15(5-6-19)13-2-4-17-21-7-8-22(17)11-13/h1-4,7-9,11,15H,5-6,19H2. The highest BCUT2D eigenvalue weighted by Gasteiger charge is 2.16. The van der Waals surface area contributed by atoms with Crippen molar-refractivity contribution in [3.8, 4) is 11.8 Å². The van der Waals surface area contributed by atoms with Crippen molar-refractivity contribution in [3.63, 3.8) is 0 Å². The summed E-state index contributed by atoms with van der Waals surface area (Å²) < 4.78 is 7.97. The molecule has 1 atom stereocenters. The van der Waals surface area contributed by atoms with Gasteiger partial charge in [0.2, 0.25) is 0 Å². The third kappa shape index (κ3) is 3.29. The SMILES string of the molecule is N#Cc1ccc(Cl)cc1OC(CCN)c1ccc2nccn2c1. The van der Waals surface area contributed by atoms with E-state index in [9.17, 15) is 5.26 Å². The number of hydrogen-bond acceptors (Lipinski definition) is 4. The Bertz CT molecular complexity index is 868. The Balaban J connectivity index is 1.95. The first-order valence-corrected chi connectivity index (χ1v) is 7.58. The Morgan fingerprint density at radius 2 is 2.22 bits per heavy atom. The summed E-state index contributed by atoms with van der Waals surface area (Å²) in [5, 5.41) is 9.75. The summed E-state index contributed by atoms with van der Waals surface area (Å²) in [6, 6.07) is 11.0. The normalized spacial score (nSPS) is 12.0. The molecule has 0 aliphatic carbocycles. The minimum Gasteiger partial charge on any atom is -0.484 e. The van der Waals surface area contributed by atoms with Crippen LogP contribution in [0, 0.1) is 11.3 Å². The summed E-state index contributed by atoms with van der Waals surface area (Å²) in [6.07, 6.45) is 5.93. The van der Waals surface area contributed by atoms with E-state index in [1.807, 2.05) is 28.9 Å². The number of aromatic nitrogens is 2. The van der Waals surface area contributed by atoms with E-state index in [2.05, 4.69) is 11.1 Å². The van der Waals surface area contributed by atoms with Gasteiger partial charge >= 0.3 is 0 Å². The third-order valence-electron chi connectivity index (χ3n) is 3.55. The fraction of sp³-hybridized carbons (Fsp3) is 0.176. The molecular formula is C17H15ClN4O. The van der Waals surface area contributed by atoms with Crippen molar-refractivity contribution in [3.05, 3.63) is 65.1 Å². The summed E-state index contributed by atoms with van der Waals surface area (Å²) in [6.45, 7) is 0.467. The Kier molecular flexibility index (Phi) is 4.47. The van der Waals surface area contributed by atoms with Crippen LogP contribution in [-0.2, 0) is 0 Å². The molecule has 0 aliphatic rings. The average molecular weight is 327 g/mol. The Labute approximate surface area is 138 Å². The number of pyridine rings is 1. The molecule has 23 heavy (non-hydrogen) atoms. The first-order chi connectivity index (χ1) is 11.2. The van der Waals surface area contributed by atoms with Gasteiger partial charge in [0.15, 0.2) is 0 Å². The Hall–Kier alpha value is -2.55. The van der Waals surface area contributed by atoms with Gasteiger partial charge in [-0.15, -0.1) is 0 Å². The number of benzene rings is 1. The van der Waals surface area contributed by atoms with Gasteiger partial charge in [0.25, 0.3) is 0 Å². The maximum atomic E-state index is 9.23. The zero-order chi connectivity index (χ0) is 16.2. The van der Waals surface area contributed by atoms with Crippen molar-refractivity contribution < 1.29 is 4.74 Å². The largest absolute Gasteiger partial charge is 0.484 e. The van der Waals surface area contributed by atoms with Crippen molar-refractivity contribution in [1.29, 1.82) is 5.26 Å². The first kappa shape index (κ1) is 15.3. The molecule has 3 rings (SSSR count). The van der Waals surface area contributed by atoms with Crippen LogP contribution in [0.4, 0.5) is 0 Å². The molecule has 6 heteroatoms. The first-order valence-electron chi connectivity index (χ1n) is 7.20. The second-order valence-corrected chi connectivity index (χ2v) is 5.53. The number of hydrogen-bond donors (Lipinski definition) is 1. The quantitative estimate of drug-likeness (QED) is 0.780. The smallest absolute Gasteiger partial charge is 0.139 e. The molecule has 116 valence electrons. The maximum absolute atomic E-state index is 9.23. The summed E-state index contributed by atoms with van der Waals surface area (Å²) >= 11 is 6.02. The molecule has 1 unspecified atom stereocenters. The second-order valence-electron chi connectivity index (χ2n) is 5.09. The number of nitriles is 1. The van der Waals surface area contributed by atoms with Gasteiger partial charge in [0.1, 0.15) is 23.6 Å². The van der Waals surface area contributed by atoms with Gasteiger partial charge < -0.3 is 14.9 Å². The van der Waals surface area contributed by atoms with Gasteiger partial charge in [-0.25, -0.2) is 4.98 Å². The molecule has 2 heterocycles. The molecule has 0 bridgehead atoms. The summed E-state index contributed by atoms with van der Waals surface area (Å²) in [5.41, 5.74) is 7.99. The van der Waals surface area contributed by atoms with Crippen molar-refractivity contribution in [2.75, 3.05) is 6.54 Å². The van der Waals surface area contributed by atoms with Crippen LogP contribution in [-0.4, -0.2) is 15.9 Å². The number of imidazole rings is 1. The monoisotopic (exact) mass is 326 g/mol. The van der Waals surface area contributed by atoms with E-state index in [4.69, 9.17) is 22.1 Å². The van der Waals surface area contributed by atoms with Crippen LogP contribution in [0.5, 0.6) is 5.75 Å². The highest BCUT2D eigenvalue weighted by Crippen LogP contribution is 2.29. The Morgan fingerprint density at radius 1 is 1.35 bits per heavy atom. The molecule has 0 aliphatic heterocycles. The molecule has 0 saturated heterocycles. The van der Waals surface area contributed by atoms with E-state index in [-0.39, 0.29) is 6.10 Å². The van der Waals surface area contributed by atoms with Crippen molar-refractivity contribution in [2.24, 2.45) is 5.73 Å². The van der Waals surface area contributed by atoms with Crippen molar-refractivity contribution >= 4 is 17.2 Å². The van der Waals surface area contributed by atoms with Crippen LogP contribution < -0.4 is 10.5 Å². The molecule has 0 amide bonds. The zero-order valence-corrected chi connectivity index (χ0v) is 13.1. The third-order valence-corrected chi connectivity index (χ3v) is 3.78. The number of fused-ring (bicyclic) bond motifs is 1. The lowest BCUT2D eigenvalue weighted by Crippen LogP contribution is -2.14. The number of halogens is 1. The molecule has 0 radical (unpaired) electrons. The fourth-order valence-corrected chi connectivity index (χ4v) is 2.57. The van der Waals surface area contributed by atoms with Crippen molar-refractivity contribution in [1.82, 2.24) is 9.38 Å². The van der Waals surface area contributed by atoms with Crippen LogP contribution >= 0.6 is 11.6 Å². The van der Waals surface area contributed by atoms with Crippen LogP contribution in [0.2, 0.25) is 5.02 Å². The molecule has 3 aromatic rings. The molecule has 1 aromatic carbocycles. The summed E-state index contributed by atoms with van der Waals surface area (Å²) in [7, 11) is 0. The maximum Gasteiger partial charge on any atom is 0.139 e. The van der Waals surface area contributed by atoms with E-state index in [0.29, 0.717) is 29.3 Å². The lowest BCUT2D eigenvalue weighted by molar-refractivity contribution is 0.196. The average Bonchev–Trinajstić information content (AvgIpc) is 3.02. The van der Waals surface area contributed by atoms with Gasteiger partial charge in [-0.05, 0) is 24.7 Å². The van der Waals surface area contributed by atoms with Gasteiger partial charge in [-0.1, -0.05) is 17.7 Å². The highest BCUT2D eigenvalue weighted by molar-refractivity contribution is 6.30. The molecule has 0 fully saturated rings. The molecule has 2 N–H and O–H groups in total. The van der Waals surface area contributed by atoms with Gasteiger partial charge in [0, 0.05) is 41.7 Å². The number of ether oxygens (including phenoxy) is 1. The predicted octanol–water partition coefficient (Wildman–Crippen LogP) is 3.33. The highest BCUT2D eigenvalue weighted by atomic mass is 35.5. The van der Waals surface area contributed by atoms with E-state index >= 15 is 0 Å². The predicted molar refractivity (Wildman–Crippen MR) is 88.4 cm³/mol. The van der Waals surface area contributed by atoms with E-state index in [1.165, 1.54) is 0 Å². The number of nitrogens with two attached hydrogens (primary N) is 1. The Morgan fingerprint density at radius 3 is 3.00 bits per heavy atom. The van der Waals surface area contributed by atoms with Crippen LogP contribution in [0.1, 0.15) is 23.7 Å². The van der Waals surface area contributed by atoms with Crippen LogP contribution in [0.15, 0.2) is 48.9 Å². The van der Waals surface area contributed by atoms with E-state index < -0.39 is 0 Å². The summed E-state index contributed by atoms with van der Waals surface area (Å²) in [4.78, 5) is 4.23. The summed E-state index contributed by atoms with van der Waals surface area (Å²) in [5.74, 6) is 0.462. The van der Waals surface area contributed by atoms with Crippen LogP contribution in [0.25, 0.3) is 5.65 Å². The lowest BCUT2D eigenvalue weighted by atomic mass is 10.1. The van der Waals surface area contributed by atoms with Gasteiger partial charge in [-0.3, -0.25) is 0 Å². The molecule has 5 nitrogen and oxygen atoms in total. The van der Waals surface area contributed by atoms with E-state index in [0.717, 1.165) is 11.2 Å².